The molecule has 0 radical (unpaired) electrons. The molecule has 0 spiro atoms. The first kappa shape index (κ1) is 22.0. The van der Waals surface area contributed by atoms with E-state index in [4.69, 9.17) is 14.2 Å². The van der Waals surface area contributed by atoms with Gasteiger partial charge in [-0.1, -0.05) is 18.2 Å². The molecule has 33 heavy (non-hydrogen) atoms. The van der Waals surface area contributed by atoms with Gasteiger partial charge in [-0.25, -0.2) is 0 Å². The van der Waals surface area contributed by atoms with Crippen LogP contribution in [0.1, 0.15) is 16.1 Å². The van der Waals surface area contributed by atoms with Gasteiger partial charge in [0.2, 0.25) is 0 Å². The van der Waals surface area contributed by atoms with Gasteiger partial charge in [0, 0.05) is 28.7 Å². The van der Waals surface area contributed by atoms with Gasteiger partial charge in [0.05, 0.1) is 32.6 Å². The molecule has 0 fully saturated rings. The first-order valence-electron chi connectivity index (χ1n) is 10.5. The summed E-state index contributed by atoms with van der Waals surface area (Å²) in [7, 11) is 4.87. The molecular formula is C27H26N2O4. The number of carbonyl (C=O) groups excluding carboxylic acids is 1. The minimum Gasteiger partial charge on any atom is -0.497 e. The number of hydrogen-bond acceptors (Lipinski definition) is 4. The van der Waals surface area contributed by atoms with E-state index in [2.05, 4.69) is 5.32 Å². The number of benzene rings is 3. The van der Waals surface area contributed by atoms with Gasteiger partial charge in [0.15, 0.2) is 0 Å². The maximum absolute atomic E-state index is 13.2. The monoisotopic (exact) mass is 442 g/mol. The molecular weight excluding hydrogens is 416 g/mol. The molecule has 168 valence electrons. The van der Waals surface area contributed by atoms with Crippen LogP contribution in [0.4, 0.5) is 5.69 Å². The SMILES string of the molecule is COc1ccc(-n2c(-c3ccc(OC)cc3OC)cc(C(=O)Nc3ccccc3)c2C)cc1. The summed E-state index contributed by atoms with van der Waals surface area (Å²) >= 11 is 0. The fourth-order valence-electron chi connectivity index (χ4n) is 3.83. The Bertz CT molecular complexity index is 1260. The fourth-order valence-corrected chi connectivity index (χ4v) is 3.83. The Hall–Kier alpha value is -4.19. The highest BCUT2D eigenvalue weighted by molar-refractivity contribution is 6.06. The van der Waals surface area contributed by atoms with Crippen LogP contribution in [-0.4, -0.2) is 31.8 Å². The van der Waals surface area contributed by atoms with Gasteiger partial charge in [-0.2, -0.15) is 0 Å². The molecule has 0 unspecified atom stereocenters. The zero-order valence-corrected chi connectivity index (χ0v) is 19.1. The second kappa shape index (κ2) is 9.53. The molecule has 1 aromatic heterocycles. The van der Waals surface area contributed by atoms with E-state index >= 15 is 0 Å². The zero-order valence-electron chi connectivity index (χ0n) is 19.1. The van der Waals surface area contributed by atoms with Gasteiger partial charge >= 0.3 is 0 Å². The van der Waals surface area contributed by atoms with E-state index < -0.39 is 0 Å². The van der Waals surface area contributed by atoms with Gasteiger partial charge in [-0.05, 0) is 61.5 Å². The van der Waals surface area contributed by atoms with Gasteiger partial charge in [0.25, 0.3) is 5.91 Å². The number of amides is 1. The summed E-state index contributed by atoms with van der Waals surface area (Å²) in [6.45, 7) is 1.93. The number of ether oxygens (including phenoxy) is 3. The molecule has 6 nitrogen and oxygen atoms in total. The summed E-state index contributed by atoms with van der Waals surface area (Å²) in [5, 5.41) is 2.98. The second-order valence-electron chi connectivity index (χ2n) is 7.45. The number of aromatic nitrogens is 1. The molecule has 3 aromatic carbocycles. The van der Waals surface area contributed by atoms with Crippen molar-refractivity contribution in [1.29, 1.82) is 0 Å². The summed E-state index contributed by atoms with van der Waals surface area (Å²) in [4.78, 5) is 13.2. The van der Waals surface area contributed by atoms with Gasteiger partial charge in [-0.3, -0.25) is 4.79 Å². The Kier molecular flexibility index (Phi) is 6.36. The molecule has 0 aliphatic heterocycles. The lowest BCUT2D eigenvalue weighted by Crippen LogP contribution is -2.13. The summed E-state index contributed by atoms with van der Waals surface area (Å²) in [5.41, 5.74) is 4.69. The molecule has 0 saturated heterocycles. The van der Waals surface area contributed by atoms with Gasteiger partial charge < -0.3 is 24.1 Å². The summed E-state index contributed by atoms with van der Waals surface area (Å²) in [5.74, 6) is 1.92. The number of nitrogens with zero attached hydrogens (tertiary/aromatic N) is 1. The van der Waals surface area contributed by atoms with Gasteiger partial charge in [0.1, 0.15) is 17.2 Å². The molecule has 0 aliphatic rings. The summed E-state index contributed by atoms with van der Waals surface area (Å²) in [6, 6.07) is 24.7. The quantitative estimate of drug-likeness (QED) is 0.397. The van der Waals surface area contributed by atoms with Crippen molar-refractivity contribution in [3.8, 4) is 34.2 Å². The van der Waals surface area contributed by atoms with Crippen LogP contribution in [0.3, 0.4) is 0 Å². The van der Waals surface area contributed by atoms with Crippen LogP contribution in [0.15, 0.2) is 78.9 Å². The standard InChI is InChI=1S/C27H26N2O4/c1-18-24(27(30)28-19-8-6-5-7-9-19)17-25(23-15-14-22(32-3)16-26(23)33-4)29(18)20-10-12-21(31-2)13-11-20/h5-17H,1-4H3,(H,28,30). The maximum atomic E-state index is 13.2. The molecule has 4 rings (SSSR count). The maximum Gasteiger partial charge on any atom is 0.257 e. The molecule has 0 bridgehead atoms. The van der Waals surface area contributed by atoms with Crippen LogP contribution in [0.25, 0.3) is 16.9 Å². The molecule has 4 aromatic rings. The van der Waals surface area contributed by atoms with Crippen LogP contribution < -0.4 is 19.5 Å². The fraction of sp³-hybridized carbons (Fsp3) is 0.148. The van der Waals surface area contributed by atoms with Crippen LogP contribution >= 0.6 is 0 Å². The minimum atomic E-state index is -0.181. The average molecular weight is 443 g/mol. The highest BCUT2D eigenvalue weighted by Crippen LogP contribution is 2.37. The highest BCUT2D eigenvalue weighted by Gasteiger charge is 2.22. The van der Waals surface area contributed by atoms with Crippen molar-refractivity contribution in [3.63, 3.8) is 0 Å². The third kappa shape index (κ3) is 4.41. The minimum absolute atomic E-state index is 0.181. The number of nitrogens with one attached hydrogen (secondary N) is 1. The second-order valence-corrected chi connectivity index (χ2v) is 7.45. The highest BCUT2D eigenvalue weighted by atomic mass is 16.5. The van der Waals surface area contributed by atoms with E-state index in [1.165, 1.54) is 0 Å². The molecule has 0 atom stereocenters. The van der Waals surface area contributed by atoms with Crippen molar-refractivity contribution in [2.24, 2.45) is 0 Å². The molecule has 1 heterocycles. The Balaban J connectivity index is 1.87. The molecule has 6 heteroatoms. The van der Waals surface area contributed by atoms with Gasteiger partial charge in [-0.15, -0.1) is 0 Å². The average Bonchev–Trinajstić information content (AvgIpc) is 3.21. The van der Waals surface area contributed by atoms with Crippen molar-refractivity contribution in [2.75, 3.05) is 26.6 Å². The summed E-state index contributed by atoms with van der Waals surface area (Å²) < 4.78 is 18.4. The van der Waals surface area contributed by atoms with E-state index in [1.807, 2.05) is 90.4 Å². The van der Waals surface area contributed by atoms with E-state index in [0.29, 0.717) is 17.1 Å². The molecule has 0 saturated carbocycles. The van der Waals surface area contributed by atoms with E-state index in [9.17, 15) is 4.79 Å². The topological polar surface area (TPSA) is 61.7 Å². The lowest BCUT2D eigenvalue weighted by Gasteiger charge is -2.15. The van der Waals surface area contributed by atoms with Crippen molar-refractivity contribution < 1.29 is 19.0 Å². The Labute approximate surface area is 193 Å². The van der Waals surface area contributed by atoms with E-state index in [0.717, 1.165) is 34.1 Å². The normalized spacial score (nSPS) is 10.5. The predicted octanol–water partition coefficient (Wildman–Crippen LogP) is 5.73. The number of anilines is 1. The van der Waals surface area contributed by atoms with Crippen molar-refractivity contribution in [1.82, 2.24) is 4.57 Å². The van der Waals surface area contributed by atoms with Crippen molar-refractivity contribution >= 4 is 11.6 Å². The van der Waals surface area contributed by atoms with Crippen molar-refractivity contribution in [3.05, 3.63) is 90.1 Å². The summed E-state index contributed by atoms with van der Waals surface area (Å²) in [6.07, 6.45) is 0. The molecule has 1 N–H and O–H groups in total. The van der Waals surface area contributed by atoms with E-state index in [1.54, 1.807) is 21.3 Å². The number of methoxy groups -OCH3 is 3. The smallest absolute Gasteiger partial charge is 0.257 e. The third-order valence-corrected chi connectivity index (χ3v) is 5.54. The lowest BCUT2D eigenvalue weighted by molar-refractivity contribution is 0.102. The Morgan fingerprint density at radius 2 is 1.45 bits per heavy atom. The number of para-hydroxylation sites is 1. The number of carbonyl (C=O) groups is 1. The van der Waals surface area contributed by atoms with Crippen LogP contribution in [0.5, 0.6) is 17.2 Å². The van der Waals surface area contributed by atoms with Crippen molar-refractivity contribution in [2.45, 2.75) is 6.92 Å². The molecule has 1 amide bonds. The number of hydrogen-bond donors (Lipinski definition) is 1. The zero-order chi connectivity index (χ0) is 23.4. The van der Waals surface area contributed by atoms with Crippen LogP contribution in [0.2, 0.25) is 0 Å². The first-order chi connectivity index (χ1) is 16.0. The predicted molar refractivity (Wildman–Crippen MR) is 130 cm³/mol. The van der Waals surface area contributed by atoms with E-state index in [-0.39, 0.29) is 5.91 Å². The Morgan fingerprint density at radius 3 is 2.09 bits per heavy atom. The Morgan fingerprint density at radius 1 is 0.788 bits per heavy atom. The lowest BCUT2D eigenvalue weighted by atomic mass is 10.1. The third-order valence-electron chi connectivity index (χ3n) is 5.54. The first-order valence-corrected chi connectivity index (χ1v) is 10.5. The largest absolute Gasteiger partial charge is 0.497 e. The van der Waals surface area contributed by atoms with Crippen LogP contribution in [-0.2, 0) is 0 Å². The molecule has 0 aliphatic carbocycles. The number of rotatable bonds is 7. The van der Waals surface area contributed by atoms with Crippen LogP contribution in [0, 0.1) is 6.92 Å².